The quantitative estimate of drug-likeness (QED) is 0.460. The van der Waals surface area contributed by atoms with Gasteiger partial charge < -0.3 is 4.74 Å². The molecule has 0 spiro atoms. The predicted octanol–water partition coefficient (Wildman–Crippen LogP) is 2.15. The molecule has 0 aliphatic rings. The largest absolute Gasteiger partial charge is 0.469 e. The van der Waals surface area contributed by atoms with Crippen LogP contribution in [-0.4, -0.2) is 13.1 Å². The first-order valence-corrected chi connectivity index (χ1v) is 3.72. The molecule has 0 rings (SSSR count). The van der Waals surface area contributed by atoms with Gasteiger partial charge in [-0.15, -0.1) is 6.58 Å². The molecule has 0 bridgehead atoms. The highest BCUT2D eigenvalue weighted by Gasteiger charge is 2.14. The summed E-state index contributed by atoms with van der Waals surface area (Å²) in [4.78, 5) is 10.7. The molecule has 64 valence electrons. The minimum absolute atomic E-state index is 0.0359. The average Bonchev–Trinajstić information content (AvgIpc) is 2.00. The van der Waals surface area contributed by atoms with Gasteiger partial charge in [-0.2, -0.15) is 0 Å². The molecule has 2 heteroatoms. The molecule has 0 amide bonds. The predicted molar refractivity (Wildman–Crippen MR) is 45.2 cm³/mol. The molecule has 0 aliphatic carbocycles. The van der Waals surface area contributed by atoms with Crippen molar-refractivity contribution in [2.24, 2.45) is 5.41 Å². The lowest BCUT2D eigenvalue weighted by atomic mass is 9.88. The van der Waals surface area contributed by atoms with Crippen molar-refractivity contribution < 1.29 is 9.53 Å². The summed E-state index contributed by atoms with van der Waals surface area (Å²) < 4.78 is 4.52. The Morgan fingerprint density at radius 2 is 2.18 bits per heavy atom. The Balaban J connectivity index is 3.69. The molecule has 0 aromatic carbocycles. The number of hydrogen-bond acceptors (Lipinski definition) is 2. The van der Waals surface area contributed by atoms with Gasteiger partial charge >= 0.3 is 5.97 Å². The zero-order valence-electron chi connectivity index (χ0n) is 7.52. The molecule has 0 aliphatic heterocycles. The first-order valence-electron chi connectivity index (χ1n) is 3.72. The van der Waals surface area contributed by atoms with Gasteiger partial charge in [0.15, 0.2) is 0 Å². The molecule has 0 radical (unpaired) electrons. The summed E-state index contributed by atoms with van der Waals surface area (Å²) in [6.07, 6.45) is 3.12. The van der Waals surface area contributed by atoms with Gasteiger partial charge in [0.1, 0.15) is 0 Å². The number of methoxy groups -OCH3 is 1. The van der Waals surface area contributed by atoms with E-state index in [0.29, 0.717) is 6.42 Å². The van der Waals surface area contributed by atoms with Crippen LogP contribution in [-0.2, 0) is 9.53 Å². The SMILES string of the molecule is C=CC(C)(C)CCC(=O)OC. The topological polar surface area (TPSA) is 26.3 Å². The van der Waals surface area contributed by atoms with Crippen LogP contribution in [0.2, 0.25) is 0 Å². The molecular formula is C9H16O2. The molecule has 0 heterocycles. The van der Waals surface area contributed by atoms with Crippen LogP contribution in [0.5, 0.6) is 0 Å². The molecule has 0 fully saturated rings. The van der Waals surface area contributed by atoms with Crippen molar-refractivity contribution in [2.45, 2.75) is 26.7 Å². The van der Waals surface area contributed by atoms with E-state index in [9.17, 15) is 4.79 Å². The first-order chi connectivity index (χ1) is 5.02. The van der Waals surface area contributed by atoms with Crippen LogP contribution in [0, 0.1) is 5.41 Å². The molecule has 11 heavy (non-hydrogen) atoms. The lowest BCUT2D eigenvalue weighted by Crippen LogP contribution is -2.10. The van der Waals surface area contributed by atoms with Crippen molar-refractivity contribution in [1.82, 2.24) is 0 Å². The molecule has 2 nitrogen and oxygen atoms in total. The van der Waals surface area contributed by atoms with E-state index in [0.717, 1.165) is 6.42 Å². The Morgan fingerprint density at radius 1 is 1.64 bits per heavy atom. The summed E-state index contributed by atoms with van der Waals surface area (Å²) in [5.74, 6) is -0.153. The zero-order chi connectivity index (χ0) is 8.91. The van der Waals surface area contributed by atoms with E-state index in [1.165, 1.54) is 7.11 Å². The van der Waals surface area contributed by atoms with E-state index < -0.39 is 0 Å². The highest BCUT2D eigenvalue weighted by molar-refractivity contribution is 5.69. The van der Waals surface area contributed by atoms with Gasteiger partial charge in [-0.25, -0.2) is 0 Å². The van der Waals surface area contributed by atoms with Gasteiger partial charge in [0, 0.05) is 6.42 Å². The van der Waals surface area contributed by atoms with Gasteiger partial charge in [0.2, 0.25) is 0 Å². The highest BCUT2D eigenvalue weighted by atomic mass is 16.5. The minimum Gasteiger partial charge on any atom is -0.469 e. The fourth-order valence-electron chi connectivity index (χ4n) is 0.628. The fourth-order valence-corrected chi connectivity index (χ4v) is 0.628. The lowest BCUT2D eigenvalue weighted by molar-refractivity contribution is -0.141. The van der Waals surface area contributed by atoms with Crippen molar-refractivity contribution in [3.63, 3.8) is 0 Å². The van der Waals surface area contributed by atoms with Crippen LogP contribution < -0.4 is 0 Å². The molecule has 0 atom stereocenters. The molecule has 0 aromatic rings. The Morgan fingerprint density at radius 3 is 2.55 bits per heavy atom. The summed E-state index contributed by atoms with van der Waals surface area (Å²) in [5, 5.41) is 0. The number of esters is 1. The number of carbonyl (C=O) groups is 1. The molecule has 0 aromatic heterocycles. The molecule has 0 saturated heterocycles. The molecule has 0 N–H and O–H groups in total. The third-order valence-corrected chi connectivity index (χ3v) is 1.75. The standard InChI is InChI=1S/C9H16O2/c1-5-9(2,3)7-6-8(10)11-4/h5H,1,6-7H2,2-4H3. The van der Waals surface area contributed by atoms with Crippen molar-refractivity contribution >= 4 is 5.97 Å². The van der Waals surface area contributed by atoms with Crippen molar-refractivity contribution in [3.05, 3.63) is 12.7 Å². The van der Waals surface area contributed by atoms with Gasteiger partial charge in [-0.3, -0.25) is 4.79 Å². The Hall–Kier alpha value is -0.790. The molecule has 0 unspecified atom stereocenters. The summed E-state index contributed by atoms with van der Waals surface area (Å²) in [7, 11) is 1.41. The number of ether oxygens (including phenoxy) is 1. The lowest BCUT2D eigenvalue weighted by Gasteiger charge is -2.17. The fraction of sp³-hybridized carbons (Fsp3) is 0.667. The number of hydrogen-bond donors (Lipinski definition) is 0. The summed E-state index contributed by atoms with van der Waals surface area (Å²) in [5.41, 5.74) is 0.0359. The maximum absolute atomic E-state index is 10.7. The van der Waals surface area contributed by atoms with Crippen molar-refractivity contribution in [2.75, 3.05) is 7.11 Å². The second-order valence-corrected chi connectivity index (χ2v) is 3.27. The highest BCUT2D eigenvalue weighted by Crippen LogP contribution is 2.22. The second-order valence-electron chi connectivity index (χ2n) is 3.27. The smallest absolute Gasteiger partial charge is 0.305 e. The van der Waals surface area contributed by atoms with E-state index >= 15 is 0 Å². The zero-order valence-corrected chi connectivity index (χ0v) is 7.52. The summed E-state index contributed by atoms with van der Waals surface area (Å²) in [6.45, 7) is 7.77. The van der Waals surface area contributed by atoms with Gasteiger partial charge in [0.25, 0.3) is 0 Å². The van der Waals surface area contributed by atoms with Crippen LogP contribution in [0.4, 0.5) is 0 Å². The molecular weight excluding hydrogens is 140 g/mol. The van der Waals surface area contributed by atoms with E-state index in [4.69, 9.17) is 0 Å². The minimum atomic E-state index is -0.153. The van der Waals surface area contributed by atoms with Gasteiger partial charge in [-0.1, -0.05) is 19.9 Å². The van der Waals surface area contributed by atoms with E-state index in [-0.39, 0.29) is 11.4 Å². The maximum atomic E-state index is 10.7. The van der Waals surface area contributed by atoms with Gasteiger partial charge in [0.05, 0.1) is 7.11 Å². The van der Waals surface area contributed by atoms with E-state index in [1.807, 2.05) is 19.9 Å². The Labute approximate surface area is 68.2 Å². The van der Waals surface area contributed by atoms with Crippen LogP contribution in [0.15, 0.2) is 12.7 Å². The normalized spacial score (nSPS) is 10.8. The van der Waals surface area contributed by atoms with Crippen LogP contribution in [0.1, 0.15) is 26.7 Å². The van der Waals surface area contributed by atoms with E-state index in [1.54, 1.807) is 0 Å². The van der Waals surface area contributed by atoms with Gasteiger partial charge in [-0.05, 0) is 11.8 Å². The number of allylic oxidation sites excluding steroid dienone is 1. The third-order valence-electron chi connectivity index (χ3n) is 1.75. The first kappa shape index (κ1) is 10.2. The monoisotopic (exact) mass is 156 g/mol. The van der Waals surface area contributed by atoms with Crippen LogP contribution >= 0.6 is 0 Å². The van der Waals surface area contributed by atoms with E-state index in [2.05, 4.69) is 11.3 Å². The second kappa shape index (κ2) is 4.16. The Bertz CT molecular complexity index is 148. The number of rotatable bonds is 4. The van der Waals surface area contributed by atoms with Crippen LogP contribution in [0.25, 0.3) is 0 Å². The van der Waals surface area contributed by atoms with Crippen LogP contribution in [0.3, 0.4) is 0 Å². The average molecular weight is 156 g/mol. The number of carbonyl (C=O) groups excluding carboxylic acids is 1. The van der Waals surface area contributed by atoms with Crippen molar-refractivity contribution in [1.29, 1.82) is 0 Å². The molecule has 0 saturated carbocycles. The third kappa shape index (κ3) is 4.59. The maximum Gasteiger partial charge on any atom is 0.305 e. The summed E-state index contributed by atoms with van der Waals surface area (Å²) >= 11 is 0. The summed E-state index contributed by atoms with van der Waals surface area (Å²) in [6, 6.07) is 0. The Kier molecular flexibility index (Phi) is 3.86. The van der Waals surface area contributed by atoms with Crippen molar-refractivity contribution in [3.8, 4) is 0 Å².